The van der Waals surface area contributed by atoms with E-state index in [1.807, 2.05) is 59.0 Å². The van der Waals surface area contributed by atoms with Crippen LogP contribution >= 0.6 is 0 Å². The molecule has 3 aromatic rings. The Kier molecular flexibility index (Phi) is 4.07. The zero-order valence-electron chi connectivity index (χ0n) is 15.3. The van der Waals surface area contributed by atoms with Crippen LogP contribution in [0.5, 0.6) is 11.5 Å². The zero-order chi connectivity index (χ0) is 18.3. The van der Waals surface area contributed by atoms with E-state index >= 15 is 0 Å². The summed E-state index contributed by atoms with van der Waals surface area (Å²) in [5, 5.41) is 1.09. The van der Waals surface area contributed by atoms with Gasteiger partial charge < -0.3 is 18.9 Å². The predicted molar refractivity (Wildman–Crippen MR) is 101 cm³/mol. The van der Waals surface area contributed by atoms with Crippen molar-refractivity contribution in [3.8, 4) is 11.5 Å². The predicted octanol–water partition coefficient (Wildman–Crippen LogP) is 3.39. The maximum absolute atomic E-state index is 13.1. The number of fused-ring (bicyclic) bond motifs is 2. The Bertz CT molecular complexity index is 990. The number of carbonyl (C=O) groups excluding carboxylic acids is 1. The van der Waals surface area contributed by atoms with E-state index in [2.05, 4.69) is 0 Å². The van der Waals surface area contributed by atoms with Crippen LogP contribution in [-0.2, 0) is 20.0 Å². The quantitative estimate of drug-likeness (QED) is 0.727. The highest BCUT2D eigenvalue weighted by atomic mass is 16.5. The summed E-state index contributed by atoms with van der Waals surface area (Å²) >= 11 is 0. The highest BCUT2D eigenvalue weighted by molar-refractivity contribution is 5.98. The summed E-state index contributed by atoms with van der Waals surface area (Å²) in [6.07, 6.45) is 0.811. The zero-order valence-corrected chi connectivity index (χ0v) is 15.3. The van der Waals surface area contributed by atoms with Crippen molar-refractivity contribution in [2.45, 2.75) is 13.0 Å². The van der Waals surface area contributed by atoms with Crippen LogP contribution in [0.25, 0.3) is 10.9 Å². The van der Waals surface area contributed by atoms with E-state index in [4.69, 9.17) is 9.47 Å². The molecule has 1 aromatic heterocycles. The van der Waals surface area contributed by atoms with Gasteiger partial charge >= 0.3 is 0 Å². The minimum Gasteiger partial charge on any atom is -0.493 e. The minimum atomic E-state index is 0.0594. The van der Waals surface area contributed by atoms with E-state index < -0.39 is 0 Å². The molecule has 2 heterocycles. The molecule has 1 aliphatic heterocycles. The number of amides is 1. The number of nitrogens with zero attached hydrogens (tertiary/aromatic N) is 2. The molecule has 26 heavy (non-hydrogen) atoms. The lowest BCUT2D eigenvalue weighted by Gasteiger charge is -2.29. The molecule has 0 bridgehead atoms. The van der Waals surface area contributed by atoms with E-state index in [0.717, 1.165) is 34.3 Å². The van der Waals surface area contributed by atoms with Gasteiger partial charge in [0.05, 0.1) is 14.2 Å². The summed E-state index contributed by atoms with van der Waals surface area (Å²) in [5.41, 5.74) is 4.11. The number of para-hydroxylation sites is 1. The molecule has 0 N–H and O–H groups in total. The largest absolute Gasteiger partial charge is 0.493 e. The first kappa shape index (κ1) is 16.5. The van der Waals surface area contributed by atoms with Crippen LogP contribution in [0, 0.1) is 0 Å². The number of carbonyl (C=O) groups is 1. The van der Waals surface area contributed by atoms with Crippen molar-refractivity contribution in [3.05, 3.63) is 59.3 Å². The van der Waals surface area contributed by atoms with E-state index in [9.17, 15) is 4.79 Å². The van der Waals surface area contributed by atoms with E-state index in [1.165, 1.54) is 5.56 Å². The number of benzene rings is 2. The average Bonchev–Trinajstić information content (AvgIpc) is 3.02. The monoisotopic (exact) mass is 350 g/mol. The van der Waals surface area contributed by atoms with Crippen molar-refractivity contribution in [2.75, 3.05) is 20.8 Å². The number of aromatic nitrogens is 1. The van der Waals surface area contributed by atoms with Gasteiger partial charge in [0.1, 0.15) is 5.69 Å². The summed E-state index contributed by atoms with van der Waals surface area (Å²) in [6, 6.07) is 14.0. The standard InChI is InChI=1S/C21H22N2O3/c1-22-17-7-5-4-6-15(17)10-18(22)21(24)23-9-8-14-11-19(25-2)20(26-3)12-16(14)13-23/h4-7,10-12H,8-9,13H2,1-3H3. The number of aryl methyl sites for hydroxylation is 1. The summed E-state index contributed by atoms with van der Waals surface area (Å²) in [6.45, 7) is 1.28. The number of ether oxygens (including phenoxy) is 2. The second kappa shape index (κ2) is 6.41. The third-order valence-corrected chi connectivity index (χ3v) is 5.18. The first-order chi connectivity index (χ1) is 12.6. The van der Waals surface area contributed by atoms with Crippen molar-refractivity contribution in [1.29, 1.82) is 0 Å². The maximum Gasteiger partial charge on any atom is 0.270 e. The highest BCUT2D eigenvalue weighted by Crippen LogP contribution is 2.33. The summed E-state index contributed by atoms with van der Waals surface area (Å²) in [7, 11) is 5.22. The van der Waals surface area contributed by atoms with Gasteiger partial charge in [0.2, 0.25) is 0 Å². The molecule has 0 spiro atoms. The second-order valence-electron chi connectivity index (χ2n) is 6.60. The van der Waals surface area contributed by atoms with Gasteiger partial charge in [0, 0.05) is 31.0 Å². The molecule has 5 nitrogen and oxygen atoms in total. The Labute approximate surface area is 152 Å². The lowest BCUT2D eigenvalue weighted by molar-refractivity contribution is 0.0725. The van der Waals surface area contributed by atoms with Crippen LogP contribution in [0.15, 0.2) is 42.5 Å². The molecule has 5 heteroatoms. The summed E-state index contributed by atoms with van der Waals surface area (Å²) < 4.78 is 12.8. The van der Waals surface area contributed by atoms with Crippen molar-refractivity contribution < 1.29 is 14.3 Å². The molecule has 0 aliphatic carbocycles. The van der Waals surface area contributed by atoms with Gasteiger partial charge in [-0.05, 0) is 41.8 Å². The van der Waals surface area contributed by atoms with Crippen molar-refractivity contribution in [1.82, 2.24) is 9.47 Å². The van der Waals surface area contributed by atoms with Crippen LogP contribution in [-0.4, -0.2) is 36.1 Å². The smallest absolute Gasteiger partial charge is 0.270 e. The molecular formula is C21H22N2O3. The number of hydrogen-bond acceptors (Lipinski definition) is 3. The molecule has 2 aromatic carbocycles. The lowest BCUT2D eigenvalue weighted by atomic mass is 9.98. The second-order valence-corrected chi connectivity index (χ2v) is 6.60. The van der Waals surface area contributed by atoms with Gasteiger partial charge in [-0.3, -0.25) is 4.79 Å². The first-order valence-electron chi connectivity index (χ1n) is 8.70. The molecular weight excluding hydrogens is 328 g/mol. The molecule has 0 fully saturated rings. The Morgan fingerprint density at radius 3 is 2.38 bits per heavy atom. The minimum absolute atomic E-state index is 0.0594. The number of rotatable bonds is 3. The summed E-state index contributed by atoms with van der Waals surface area (Å²) in [5.74, 6) is 1.49. The lowest BCUT2D eigenvalue weighted by Crippen LogP contribution is -2.36. The van der Waals surface area contributed by atoms with Crippen molar-refractivity contribution >= 4 is 16.8 Å². The van der Waals surface area contributed by atoms with Crippen LogP contribution in [0.3, 0.4) is 0 Å². The molecule has 0 saturated carbocycles. The van der Waals surface area contributed by atoms with Crippen LogP contribution in [0.2, 0.25) is 0 Å². The Morgan fingerprint density at radius 2 is 1.69 bits per heavy atom. The Hall–Kier alpha value is -2.95. The fraction of sp³-hybridized carbons (Fsp3) is 0.286. The van der Waals surface area contributed by atoms with Crippen molar-refractivity contribution in [2.24, 2.45) is 7.05 Å². The highest BCUT2D eigenvalue weighted by Gasteiger charge is 2.25. The summed E-state index contributed by atoms with van der Waals surface area (Å²) in [4.78, 5) is 15.0. The molecule has 0 radical (unpaired) electrons. The van der Waals surface area contributed by atoms with E-state index in [0.29, 0.717) is 18.8 Å². The van der Waals surface area contributed by atoms with Crippen molar-refractivity contribution in [3.63, 3.8) is 0 Å². The average molecular weight is 350 g/mol. The van der Waals surface area contributed by atoms with Crippen LogP contribution in [0.1, 0.15) is 21.6 Å². The van der Waals surface area contributed by atoms with Gasteiger partial charge in [-0.1, -0.05) is 18.2 Å². The van der Waals surface area contributed by atoms with Gasteiger partial charge in [-0.2, -0.15) is 0 Å². The fourth-order valence-electron chi connectivity index (χ4n) is 3.71. The van der Waals surface area contributed by atoms with E-state index in [1.54, 1.807) is 14.2 Å². The Balaban J connectivity index is 1.65. The fourth-order valence-corrected chi connectivity index (χ4v) is 3.71. The third kappa shape index (κ3) is 2.60. The molecule has 0 atom stereocenters. The van der Waals surface area contributed by atoms with Gasteiger partial charge in [-0.25, -0.2) is 0 Å². The van der Waals surface area contributed by atoms with Gasteiger partial charge in [0.25, 0.3) is 5.91 Å². The molecule has 1 amide bonds. The molecule has 4 rings (SSSR count). The van der Waals surface area contributed by atoms with Gasteiger partial charge in [0.15, 0.2) is 11.5 Å². The van der Waals surface area contributed by atoms with Crippen LogP contribution < -0.4 is 9.47 Å². The van der Waals surface area contributed by atoms with E-state index in [-0.39, 0.29) is 5.91 Å². The molecule has 1 aliphatic rings. The van der Waals surface area contributed by atoms with Gasteiger partial charge in [-0.15, -0.1) is 0 Å². The first-order valence-corrected chi connectivity index (χ1v) is 8.70. The molecule has 0 saturated heterocycles. The normalized spacial score (nSPS) is 13.6. The van der Waals surface area contributed by atoms with Crippen LogP contribution in [0.4, 0.5) is 0 Å². The molecule has 0 unspecified atom stereocenters. The topological polar surface area (TPSA) is 43.7 Å². The number of hydrogen-bond donors (Lipinski definition) is 0. The number of methoxy groups -OCH3 is 2. The maximum atomic E-state index is 13.1. The Morgan fingerprint density at radius 1 is 1.00 bits per heavy atom. The SMILES string of the molecule is COc1cc2c(cc1OC)CN(C(=O)c1cc3ccccc3n1C)CC2. The molecule has 134 valence electrons. The third-order valence-electron chi connectivity index (χ3n) is 5.18.